The molecule has 1 nitrogen and oxygen atoms in total. The maximum atomic E-state index is 2.64. The first kappa shape index (κ1) is 14.0. The summed E-state index contributed by atoms with van der Waals surface area (Å²) in [6.07, 6.45) is 11.6. The Balaban J connectivity index is 1.94. The van der Waals surface area contributed by atoms with Gasteiger partial charge in [0, 0.05) is 12.6 Å². The van der Waals surface area contributed by atoms with E-state index < -0.39 is 0 Å². The van der Waals surface area contributed by atoms with Gasteiger partial charge in [-0.2, -0.15) is 0 Å². The molecule has 1 heterocycles. The highest BCUT2D eigenvalue weighted by Gasteiger charge is 2.23. The minimum atomic E-state index is 0.759. The van der Waals surface area contributed by atoms with Gasteiger partial charge in [0.1, 0.15) is 0 Å². The molecule has 96 valence electrons. The molecular weight excluding hydrogens is 194 g/mol. The average molecular weight is 225 g/mol. The lowest BCUT2D eigenvalue weighted by Crippen LogP contribution is -2.28. The fourth-order valence-corrected chi connectivity index (χ4v) is 2.78. The van der Waals surface area contributed by atoms with Crippen LogP contribution >= 0.6 is 0 Å². The third-order valence-corrected chi connectivity index (χ3v) is 4.01. The maximum absolute atomic E-state index is 2.64. The van der Waals surface area contributed by atoms with Crippen molar-refractivity contribution in [2.45, 2.75) is 78.2 Å². The third kappa shape index (κ3) is 5.34. The molecule has 1 unspecified atom stereocenters. The van der Waals surface area contributed by atoms with Crippen molar-refractivity contribution in [1.82, 2.24) is 4.90 Å². The Morgan fingerprint density at radius 3 is 2.38 bits per heavy atom. The molecule has 0 aromatic rings. The van der Waals surface area contributed by atoms with Crippen LogP contribution < -0.4 is 0 Å². The van der Waals surface area contributed by atoms with E-state index in [0.29, 0.717) is 0 Å². The molecule has 0 aliphatic carbocycles. The fraction of sp³-hybridized carbons (Fsp3) is 1.00. The number of likely N-dealkylation sites (tertiary alicyclic amines) is 1. The fourth-order valence-electron chi connectivity index (χ4n) is 2.78. The number of hydrogen-bond donors (Lipinski definition) is 0. The smallest absolute Gasteiger partial charge is 0.00387 e. The highest BCUT2D eigenvalue weighted by atomic mass is 15.2. The Hall–Kier alpha value is -0.0400. The molecule has 1 saturated heterocycles. The highest BCUT2D eigenvalue weighted by Crippen LogP contribution is 2.23. The van der Waals surface area contributed by atoms with E-state index >= 15 is 0 Å². The summed E-state index contributed by atoms with van der Waals surface area (Å²) in [6.45, 7) is 9.66. The van der Waals surface area contributed by atoms with Gasteiger partial charge in [-0.1, -0.05) is 45.4 Å². The largest absolute Gasteiger partial charge is 0.301 e. The van der Waals surface area contributed by atoms with Gasteiger partial charge in [0.05, 0.1) is 0 Å². The minimum Gasteiger partial charge on any atom is -0.301 e. The van der Waals surface area contributed by atoms with Gasteiger partial charge in [0.15, 0.2) is 0 Å². The topological polar surface area (TPSA) is 3.24 Å². The zero-order chi connectivity index (χ0) is 11.8. The molecule has 1 aliphatic rings. The molecule has 0 saturated carbocycles. The SMILES string of the molecule is CCCCCCCCC1CCN(C(C)C)C1. The van der Waals surface area contributed by atoms with Crippen LogP contribution in [0.5, 0.6) is 0 Å². The van der Waals surface area contributed by atoms with Crippen LogP contribution in [0.25, 0.3) is 0 Å². The second kappa shape index (κ2) is 8.11. The second-order valence-corrected chi connectivity index (χ2v) is 5.80. The summed E-state index contributed by atoms with van der Waals surface area (Å²) >= 11 is 0. The van der Waals surface area contributed by atoms with E-state index in [1.54, 1.807) is 0 Å². The average Bonchev–Trinajstić information content (AvgIpc) is 2.72. The normalized spacial score (nSPS) is 22.1. The van der Waals surface area contributed by atoms with Crippen LogP contribution in [0.3, 0.4) is 0 Å². The molecule has 1 fully saturated rings. The minimum absolute atomic E-state index is 0.759. The lowest BCUT2D eigenvalue weighted by atomic mass is 9.99. The summed E-state index contributed by atoms with van der Waals surface area (Å²) < 4.78 is 0. The highest BCUT2D eigenvalue weighted by molar-refractivity contribution is 4.77. The van der Waals surface area contributed by atoms with E-state index in [0.717, 1.165) is 12.0 Å². The van der Waals surface area contributed by atoms with E-state index in [1.165, 1.54) is 64.5 Å². The summed E-state index contributed by atoms with van der Waals surface area (Å²) in [6, 6.07) is 0.759. The molecule has 0 radical (unpaired) electrons. The summed E-state index contributed by atoms with van der Waals surface area (Å²) in [7, 11) is 0. The van der Waals surface area contributed by atoms with E-state index in [2.05, 4.69) is 25.7 Å². The lowest BCUT2D eigenvalue weighted by Gasteiger charge is -2.20. The van der Waals surface area contributed by atoms with Gasteiger partial charge in [-0.25, -0.2) is 0 Å². The zero-order valence-corrected chi connectivity index (χ0v) is 11.7. The quantitative estimate of drug-likeness (QED) is 0.551. The van der Waals surface area contributed by atoms with Crippen LogP contribution in [-0.4, -0.2) is 24.0 Å². The molecule has 1 rings (SSSR count). The van der Waals surface area contributed by atoms with Gasteiger partial charge in [-0.15, -0.1) is 0 Å². The summed E-state index contributed by atoms with van der Waals surface area (Å²) in [5.41, 5.74) is 0. The number of rotatable bonds is 8. The van der Waals surface area contributed by atoms with E-state index in [9.17, 15) is 0 Å². The number of hydrogen-bond acceptors (Lipinski definition) is 1. The summed E-state index contributed by atoms with van der Waals surface area (Å²) in [5.74, 6) is 1.01. The summed E-state index contributed by atoms with van der Waals surface area (Å²) in [5, 5.41) is 0. The Kier molecular flexibility index (Phi) is 7.11. The Morgan fingerprint density at radius 1 is 1.06 bits per heavy atom. The van der Waals surface area contributed by atoms with Crippen molar-refractivity contribution in [2.24, 2.45) is 5.92 Å². The zero-order valence-electron chi connectivity index (χ0n) is 11.7. The molecule has 0 bridgehead atoms. The standard InChI is InChI=1S/C15H31N/c1-4-5-6-7-8-9-10-15-11-12-16(13-15)14(2)3/h14-15H,4-13H2,1-3H3. The van der Waals surface area contributed by atoms with Gasteiger partial charge < -0.3 is 4.90 Å². The van der Waals surface area contributed by atoms with Gasteiger partial charge in [-0.05, 0) is 39.2 Å². The van der Waals surface area contributed by atoms with E-state index in [4.69, 9.17) is 0 Å². The lowest BCUT2D eigenvalue weighted by molar-refractivity contribution is 0.262. The molecule has 0 spiro atoms. The molecule has 0 aromatic carbocycles. The molecule has 1 heteroatoms. The van der Waals surface area contributed by atoms with Crippen molar-refractivity contribution in [3.63, 3.8) is 0 Å². The molecule has 0 amide bonds. The van der Waals surface area contributed by atoms with Crippen LogP contribution in [0, 0.1) is 5.92 Å². The van der Waals surface area contributed by atoms with Crippen LogP contribution in [0.4, 0.5) is 0 Å². The molecular formula is C15H31N. The van der Waals surface area contributed by atoms with E-state index in [-0.39, 0.29) is 0 Å². The van der Waals surface area contributed by atoms with Crippen molar-refractivity contribution in [3.8, 4) is 0 Å². The van der Waals surface area contributed by atoms with Crippen molar-refractivity contribution in [2.75, 3.05) is 13.1 Å². The molecule has 1 aliphatic heterocycles. The second-order valence-electron chi connectivity index (χ2n) is 5.80. The van der Waals surface area contributed by atoms with Crippen molar-refractivity contribution >= 4 is 0 Å². The molecule has 0 N–H and O–H groups in total. The van der Waals surface area contributed by atoms with Gasteiger partial charge in [0.25, 0.3) is 0 Å². The maximum Gasteiger partial charge on any atom is 0.00387 e. The van der Waals surface area contributed by atoms with Crippen molar-refractivity contribution in [1.29, 1.82) is 0 Å². The monoisotopic (exact) mass is 225 g/mol. The first-order chi connectivity index (χ1) is 7.74. The van der Waals surface area contributed by atoms with Gasteiger partial charge >= 0.3 is 0 Å². The first-order valence-corrected chi connectivity index (χ1v) is 7.48. The van der Waals surface area contributed by atoms with Gasteiger partial charge in [0.2, 0.25) is 0 Å². The third-order valence-electron chi connectivity index (χ3n) is 4.01. The van der Waals surface area contributed by atoms with Crippen LogP contribution in [0.15, 0.2) is 0 Å². The summed E-state index contributed by atoms with van der Waals surface area (Å²) in [4.78, 5) is 2.64. The van der Waals surface area contributed by atoms with E-state index in [1.807, 2.05) is 0 Å². The van der Waals surface area contributed by atoms with Crippen LogP contribution in [-0.2, 0) is 0 Å². The molecule has 1 atom stereocenters. The number of nitrogens with zero attached hydrogens (tertiary/aromatic N) is 1. The Labute approximate surface area is 103 Å². The van der Waals surface area contributed by atoms with Crippen LogP contribution in [0.1, 0.15) is 72.1 Å². The number of unbranched alkanes of at least 4 members (excludes halogenated alkanes) is 5. The van der Waals surface area contributed by atoms with Gasteiger partial charge in [-0.3, -0.25) is 0 Å². The predicted octanol–water partition coefficient (Wildman–Crippen LogP) is 4.47. The predicted molar refractivity (Wildman–Crippen MR) is 72.8 cm³/mol. The molecule has 16 heavy (non-hydrogen) atoms. The Morgan fingerprint density at radius 2 is 1.75 bits per heavy atom. The van der Waals surface area contributed by atoms with Crippen molar-refractivity contribution in [3.05, 3.63) is 0 Å². The van der Waals surface area contributed by atoms with Crippen molar-refractivity contribution < 1.29 is 0 Å². The van der Waals surface area contributed by atoms with Crippen LogP contribution in [0.2, 0.25) is 0 Å². The first-order valence-electron chi connectivity index (χ1n) is 7.48. The molecule has 0 aromatic heterocycles. The Bertz CT molecular complexity index is 165.